The third kappa shape index (κ3) is 4.16. The first-order valence-corrected chi connectivity index (χ1v) is 10.8. The fourth-order valence-corrected chi connectivity index (χ4v) is 5.18. The molecule has 2 heterocycles. The predicted molar refractivity (Wildman–Crippen MR) is 111 cm³/mol. The summed E-state index contributed by atoms with van der Waals surface area (Å²) in [6, 6.07) is 4.93. The number of hydrogen-bond acceptors (Lipinski definition) is 2. The molecule has 2 aliphatic rings. The second-order valence-electron chi connectivity index (χ2n) is 8.78. The van der Waals surface area contributed by atoms with Gasteiger partial charge in [-0.1, -0.05) is 18.9 Å². The number of halogens is 1. The monoisotopic (exact) mass is 399 g/mol. The lowest BCUT2D eigenvalue weighted by Crippen LogP contribution is -2.43. The van der Waals surface area contributed by atoms with Crippen molar-refractivity contribution in [3.8, 4) is 0 Å². The summed E-state index contributed by atoms with van der Waals surface area (Å²) in [5, 5.41) is 3.64. The van der Waals surface area contributed by atoms with Crippen molar-refractivity contribution in [2.24, 2.45) is 11.8 Å². The number of aryl methyl sites for hydroxylation is 1. The molecule has 1 aromatic carbocycles. The van der Waals surface area contributed by atoms with Crippen molar-refractivity contribution >= 4 is 22.7 Å². The third-order valence-electron chi connectivity index (χ3n) is 6.90. The van der Waals surface area contributed by atoms with E-state index in [0.717, 1.165) is 50.8 Å². The second-order valence-corrected chi connectivity index (χ2v) is 8.78. The Balaban J connectivity index is 1.38. The summed E-state index contributed by atoms with van der Waals surface area (Å²) in [4.78, 5) is 29.4. The van der Waals surface area contributed by atoms with Crippen molar-refractivity contribution in [3.05, 3.63) is 35.3 Å². The van der Waals surface area contributed by atoms with E-state index in [1.165, 1.54) is 12.5 Å². The molecule has 156 valence electrons. The Labute approximate surface area is 171 Å². The number of nitrogens with zero attached hydrogens (tertiary/aromatic N) is 1. The molecule has 5 nitrogen and oxygen atoms in total. The summed E-state index contributed by atoms with van der Waals surface area (Å²) < 4.78 is 14.1. The van der Waals surface area contributed by atoms with Gasteiger partial charge in [-0.15, -0.1) is 0 Å². The van der Waals surface area contributed by atoms with Gasteiger partial charge >= 0.3 is 0 Å². The van der Waals surface area contributed by atoms with E-state index in [-0.39, 0.29) is 23.7 Å². The quantitative estimate of drug-likeness (QED) is 0.814. The lowest BCUT2D eigenvalue weighted by molar-refractivity contribution is -0.130. The largest absolute Gasteiger partial charge is 0.350 e. The molecule has 6 heteroatoms. The van der Waals surface area contributed by atoms with Gasteiger partial charge in [-0.2, -0.15) is 0 Å². The standard InChI is InChI=1S/C23H30FN3O2/c1-14-6-7-20(24)19-13-21(26-22(14)19)23(29)25-18-5-3-4-17(12-18)16-8-10-27(11-9-16)15(2)28/h6-7,13,16-18,26H,3-5,8-12H2,1-2H3,(H,25,29)/t17?,18-/m1/s1. The number of aromatic amines is 1. The minimum absolute atomic E-state index is 0.156. The van der Waals surface area contributed by atoms with Gasteiger partial charge < -0.3 is 15.2 Å². The van der Waals surface area contributed by atoms with Crippen LogP contribution in [0, 0.1) is 24.6 Å². The normalized spacial score (nSPS) is 23.3. The van der Waals surface area contributed by atoms with E-state index < -0.39 is 0 Å². The summed E-state index contributed by atoms with van der Waals surface area (Å²) >= 11 is 0. The highest BCUT2D eigenvalue weighted by atomic mass is 19.1. The Kier molecular flexibility index (Phi) is 5.61. The van der Waals surface area contributed by atoms with Crippen LogP contribution in [0.15, 0.2) is 18.2 Å². The molecule has 0 spiro atoms. The lowest BCUT2D eigenvalue weighted by Gasteiger charge is -2.39. The number of likely N-dealkylation sites (tertiary alicyclic amines) is 1. The van der Waals surface area contributed by atoms with Crippen molar-refractivity contribution in [1.29, 1.82) is 0 Å². The summed E-state index contributed by atoms with van der Waals surface area (Å²) in [6.45, 7) is 5.26. The number of aromatic nitrogens is 1. The van der Waals surface area contributed by atoms with E-state index >= 15 is 0 Å². The number of fused-ring (bicyclic) bond motifs is 1. The van der Waals surface area contributed by atoms with Gasteiger partial charge in [0.2, 0.25) is 5.91 Å². The van der Waals surface area contributed by atoms with Crippen LogP contribution < -0.4 is 5.32 Å². The van der Waals surface area contributed by atoms with Crippen molar-refractivity contribution < 1.29 is 14.0 Å². The predicted octanol–water partition coefficient (Wildman–Crippen LogP) is 4.16. The summed E-state index contributed by atoms with van der Waals surface area (Å²) in [5.41, 5.74) is 2.04. The number of nitrogens with one attached hydrogen (secondary N) is 2. The SMILES string of the molecule is CC(=O)N1CCC(C2CCC[C@@H](NC(=O)c3cc4c(F)ccc(C)c4[nH]3)C2)CC1. The van der Waals surface area contributed by atoms with Crippen molar-refractivity contribution in [3.63, 3.8) is 0 Å². The number of benzene rings is 1. The molecule has 2 atom stereocenters. The van der Waals surface area contributed by atoms with Gasteiger partial charge in [-0.3, -0.25) is 9.59 Å². The number of H-pyrrole nitrogens is 1. The van der Waals surface area contributed by atoms with Gasteiger partial charge in [0.05, 0.1) is 5.52 Å². The van der Waals surface area contributed by atoms with E-state index in [1.54, 1.807) is 19.1 Å². The molecule has 1 aliphatic heterocycles. The number of carbonyl (C=O) groups excluding carboxylic acids is 2. The molecular weight excluding hydrogens is 369 g/mol. The minimum atomic E-state index is -0.310. The highest BCUT2D eigenvalue weighted by molar-refractivity contribution is 5.99. The Morgan fingerprint density at radius 3 is 2.59 bits per heavy atom. The Morgan fingerprint density at radius 2 is 1.90 bits per heavy atom. The molecule has 29 heavy (non-hydrogen) atoms. The van der Waals surface area contributed by atoms with Crippen LogP contribution in [0.4, 0.5) is 4.39 Å². The molecule has 4 rings (SSSR count). The topological polar surface area (TPSA) is 65.2 Å². The molecule has 1 saturated carbocycles. The minimum Gasteiger partial charge on any atom is -0.350 e. The zero-order valence-corrected chi connectivity index (χ0v) is 17.3. The van der Waals surface area contributed by atoms with Crippen LogP contribution in [0.3, 0.4) is 0 Å². The zero-order valence-electron chi connectivity index (χ0n) is 17.3. The molecule has 1 saturated heterocycles. The van der Waals surface area contributed by atoms with E-state index in [0.29, 0.717) is 28.4 Å². The fourth-order valence-electron chi connectivity index (χ4n) is 5.18. The Hall–Kier alpha value is -2.37. The highest BCUT2D eigenvalue weighted by Crippen LogP contribution is 2.36. The number of piperidine rings is 1. The zero-order chi connectivity index (χ0) is 20.5. The fraction of sp³-hybridized carbons (Fsp3) is 0.565. The van der Waals surface area contributed by atoms with Gasteiger partial charge in [0.25, 0.3) is 5.91 Å². The van der Waals surface area contributed by atoms with Crippen molar-refractivity contribution in [2.75, 3.05) is 13.1 Å². The molecule has 2 amide bonds. The van der Waals surface area contributed by atoms with E-state index in [9.17, 15) is 14.0 Å². The molecule has 2 fully saturated rings. The first-order valence-electron chi connectivity index (χ1n) is 10.8. The van der Waals surface area contributed by atoms with Gasteiger partial charge in [0, 0.05) is 31.4 Å². The summed E-state index contributed by atoms with van der Waals surface area (Å²) in [7, 11) is 0. The van der Waals surface area contributed by atoms with Gasteiger partial charge in [-0.25, -0.2) is 4.39 Å². The van der Waals surface area contributed by atoms with Crippen LogP contribution >= 0.6 is 0 Å². The molecule has 1 unspecified atom stereocenters. The second kappa shape index (κ2) is 8.17. The van der Waals surface area contributed by atoms with Crippen LogP contribution in [-0.2, 0) is 4.79 Å². The van der Waals surface area contributed by atoms with E-state index in [4.69, 9.17) is 0 Å². The number of amides is 2. The van der Waals surface area contributed by atoms with E-state index in [2.05, 4.69) is 10.3 Å². The first-order chi connectivity index (χ1) is 13.9. The van der Waals surface area contributed by atoms with Crippen LogP contribution in [0.5, 0.6) is 0 Å². The molecule has 0 radical (unpaired) electrons. The molecule has 1 aromatic heterocycles. The van der Waals surface area contributed by atoms with Crippen LogP contribution in [0.25, 0.3) is 10.9 Å². The average molecular weight is 400 g/mol. The molecule has 2 aromatic rings. The maximum absolute atomic E-state index is 14.1. The molecule has 2 N–H and O–H groups in total. The van der Waals surface area contributed by atoms with Gasteiger partial charge in [0.15, 0.2) is 0 Å². The Morgan fingerprint density at radius 1 is 1.14 bits per heavy atom. The Bertz CT molecular complexity index is 875. The third-order valence-corrected chi connectivity index (χ3v) is 6.90. The summed E-state index contributed by atoms with van der Waals surface area (Å²) in [5.74, 6) is 0.940. The van der Waals surface area contributed by atoms with Crippen LogP contribution in [0.1, 0.15) is 61.5 Å². The highest BCUT2D eigenvalue weighted by Gasteiger charge is 2.32. The smallest absolute Gasteiger partial charge is 0.267 e. The lowest BCUT2D eigenvalue weighted by atomic mass is 9.74. The molecule has 1 aliphatic carbocycles. The average Bonchev–Trinajstić information content (AvgIpc) is 3.18. The van der Waals surface area contributed by atoms with Crippen molar-refractivity contribution in [1.82, 2.24) is 15.2 Å². The van der Waals surface area contributed by atoms with Crippen LogP contribution in [0.2, 0.25) is 0 Å². The van der Waals surface area contributed by atoms with Crippen molar-refractivity contribution in [2.45, 2.75) is 58.4 Å². The maximum Gasteiger partial charge on any atom is 0.267 e. The first kappa shape index (κ1) is 19.9. The van der Waals surface area contributed by atoms with E-state index in [1.807, 2.05) is 11.8 Å². The molecular formula is C23H30FN3O2. The maximum atomic E-state index is 14.1. The van der Waals surface area contributed by atoms with Gasteiger partial charge in [0.1, 0.15) is 11.5 Å². The van der Waals surface area contributed by atoms with Gasteiger partial charge in [-0.05, 0) is 62.1 Å². The number of carbonyl (C=O) groups is 2. The molecule has 0 bridgehead atoms. The summed E-state index contributed by atoms with van der Waals surface area (Å²) in [6.07, 6.45) is 6.42. The van der Waals surface area contributed by atoms with Crippen LogP contribution in [-0.4, -0.2) is 40.8 Å². The number of rotatable bonds is 3. The number of hydrogen-bond donors (Lipinski definition) is 2.